The average molecular weight is 290 g/mol. The number of fused-ring (bicyclic) bond motifs is 1. The fourth-order valence-corrected chi connectivity index (χ4v) is 3.26. The van der Waals surface area contributed by atoms with Crippen LogP contribution in [0.3, 0.4) is 0 Å². The summed E-state index contributed by atoms with van der Waals surface area (Å²) in [6.07, 6.45) is 1.76. The first kappa shape index (κ1) is 12.5. The van der Waals surface area contributed by atoms with Gasteiger partial charge in [-0.15, -0.1) is 11.3 Å². The van der Waals surface area contributed by atoms with E-state index in [0.717, 1.165) is 21.3 Å². The topological polar surface area (TPSA) is 32.9 Å². The highest BCUT2D eigenvalue weighted by atomic mass is 35.5. The van der Waals surface area contributed by atoms with Crippen LogP contribution in [0.15, 0.2) is 30.5 Å². The number of aromatic amines is 1. The third-order valence-electron chi connectivity index (χ3n) is 3.28. The lowest BCUT2D eigenvalue weighted by molar-refractivity contribution is 0.104. The van der Waals surface area contributed by atoms with Gasteiger partial charge in [0.05, 0.1) is 4.88 Å². The molecule has 0 spiro atoms. The molecule has 2 heterocycles. The molecule has 0 bridgehead atoms. The minimum atomic E-state index is 0.0646. The zero-order chi connectivity index (χ0) is 13.6. The summed E-state index contributed by atoms with van der Waals surface area (Å²) < 4.78 is 0. The van der Waals surface area contributed by atoms with Crippen molar-refractivity contribution in [2.75, 3.05) is 0 Å². The normalized spacial score (nSPS) is 11.1. The lowest BCUT2D eigenvalue weighted by Gasteiger charge is -1.96. The number of ketones is 1. The summed E-state index contributed by atoms with van der Waals surface area (Å²) in [7, 11) is 0. The van der Waals surface area contributed by atoms with Crippen molar-refractivity contribution in [1.82, 2.24) is 4.98 Å². The van der Waals surface area contributed by atoms with Gasteiger partial charge >= 0.3 is 0 Å². The number of halogens is 1. The Morgan fingerprint density at radius 2 is 2.05 bits per heavy atom. The van der Waals surface area contributed by atoms with Crippen molar-refractivity contribution in [3.8, 4) is 0 Å². The molecule has 0 aliphatic carbocycles. The highest BCUT2D eigenvalue weighted by Crippen LogP contribution is 2.28. The van der Waals surface area contributed by atoms with E-state index in [1.165, 1.54) is 4.88 Å². The molecule has 3 rings (SSSR count). The number of aromatic nitrogens is 1. The van der Waals surface area contributed by atoms with Crippen LogP contribution in [0.5, 0.6) is 0 Å². The Bertz CT molecular complexity index is 765. The van der Waals surface area contributed by atoms with Gasteiger partial charge in [-0.1, -0.05) is 17.7 Å². The van der Waals surface area contributed by atoms with Crippen LogP contribution >= 0.6 is 22.9 Å². The van der Waals surface area contributed by atoms with Crippen molar-refractivity contribution in [3.05, 3.63) is 56.4 Å². The van der Waals surface area contributed by atoms with Crippen LogP contribution in [0.4, 0.5) is 0 Å². The fraction of sp³-hybridized carbons (Fsp3) is 0.133. The Morgan fingerprint density at radius 1 is 1.26 bits per heavy atom. The van der Waals surface area contributed by atoms with Gasteiger partial charge in [0.2, 0.25) is 5.78 Å². The molecule has 96 valence electrons. The van der Waals surface area contributed by atoms with Gasteiger partial charge in [0, 0.05) is 32.6 Å². The summed E-state index contributed by atoms with van der Waals surface area (Å²) >= 11 is 7.49. The predicted molar refractivity (Wildman–Crippen MR) is 80.5 cm³/mol. The highest BCUT2D eigenvalue weighted by molar-refractivity contribution is 7.14. The van der Waals surface area contributed by atoms with E-state index in [1.54, 1.807) is 23.6 Å². The lowest BCUT2D eigenvalue weighted by atomic mass is 10.1. The Morgan fingerprint density at radius 3 is 2.74 bits per heavy atom. The van der Waals surface area contributed by atoms with Crippen LogP contribution in [0, 0.1) is 13.8 Å². The number of hydrogen-bond donors (Lipinski definition) is 1. The average Bonchev–Trinajstić information content (AvgIpc) is 2.93. The molecule has 0 saturated heterocycles. The van der Waals surface area contributed by atoms with Crippen LogP contribution in [-0.2, 0) is 0 Å². The van der Waals surface area contributed by atoms with Gasteiger partial charge < -0.3 is 4.98 Å². The monoisotopic (exact) mass is 289 g/mol. The molecule has 2 nitrogen and oxygen atoms in total. The SMILES string of the molecule is Cc1cc(C(=O)c2c[nH]c3cc(Cl)ccc23)sc1C. The number of aryl methyl sites for hydroxylation is 2. The van der Waals surface area contributed by atoms with Gasteiger partial charge in [-0.3, -0.25) is 4.79 Å². The van der Waals surface area contributed by atoms with E-state index < -0.39 is 0 Å². The van der Waals surface area contributed by atoms with Crippen LogP contribution in [0.2, 0.25) is 5.02 Å². The second kappa shape index (κ2) is 4.51. The molecular formula is C15H12ClNOS. The van der Waals surface area contributed by atoms with Crippen LogP contribution in [0.1, 0.15) is 25.7 Å². The van der Waals surface area contributed by atoms with Crippen LogP contribution in [0.25, 0.3) is 10.9 Å². The Balaban J connectivity index is 2.11. The number of nitrogens with one attached hydrogen (secondary N) is 1. The number of carbonyl (C=O) groups excluding carboxylic acids is 1. The fourth-order valence-electron chi connectivity index (χ4n) is 2.10. The van der Waals surface area contributed by atoms with E-state index in [9.17, 15) is 4.79 Å². The Kier molecular flexibility index (Phi) is 2.96. The predicted octanol–water partition coefficient (Wildman–Crippen LogP) is 4.73. The van der Waals surface area contributed by atoms with Gasteiger partial charge in [0.15, 0.2) is 0 Å². The highest BCUT2D eigenvalue weighted by Gasteiger charge is 2.16. The van der Waals surface area contributed by atoms with Crippen molar-refractivity contribution in [1.29, 1.82) is 0 Å². The van der Waals surface area contributed by atoms with Crippen molar-refractivity contribution in [3.63, 3.8) is 0 Å². The summed E-state index contributed by atoms with van der Waals surface area (Å²) in [6, 6.07) is 7.48. The van der Waals surface area contributed by atoms with E-state index in [2.05, 4.69) is 4.98 Å². The summed E-state index contributed by atoms with van der Waals surface area (Å²) in [6.45, 7) is 4.06. The Labute approximate surface area is 120 Å². The van der Waals surface area contributed by atoms with E-state index in [4.69, 9.17) is 11.6 Å². The maximum absolute atomic E-state index is 12.5. The number of carbonyl (C=O) groups is 1. The second-order valence-electron chi connectivity index (χ2n) is 4.57. The van der Waals surface area contributed by atoms with E-state index in [-0.39, 0.29) is 5.78 Å². The minimum Gasteiger partial charge on any atom is -0.360 e. The minimum absolute atomic E-state index is 0.0646. The van der Waals surface area contributed by atoms with Crippen molar-refractivity contribution in [2.45, 2.75) is 13.8 Å². The molecule has 0 atom stereocenters. The van der Waals surface area contributed by atoms with E-state index in [0.29, 0.717) is 10.6 Å². The smallest absolute Gasteiger partial charge is 0.205 e. The van der Waals surface area contributed by atoms with Crippen LogP contribution < -0.4 is 0 Å². The number of rotatable bonds is 2. The van der Waals surface area contributed by atoms with Crippen molar-refractivity contribution < 1.29 is 4.79 Å². The van der Waals surface area contributed by atoms with Gasteiger partial charge in [-0.25, -0.2) is 0 Å². The molecule has 0 aliphatic heterocycles. The first-order chi connectivity index (χ1) is 9.06. The summed E-state index contributed by atoms with van der Waals surface area (Å²) in [4.78, 5) is 17.6. The van der Waals surface area contributed by atoms with Gasteiger partial charge in [-0.2, -0.15) is 0 Å². The number of H-pyrrole nitrogens is 1. The second-order valence-corrected chi connectivity index (χ2v) is 6.26. The molecule has 1 aromatic carbocycles. The molecule has 0 aliphatic rings. The number of benzene rings is 1. The molecule has 0 saturated carbocycles. The zero-order valence-electron chi connectivity index (χ0n) is 10.6. The van der Waals surface area contributed by atoms with Gasteiger partial charge in [0.25, 0.3) is 0 Å². The molecule has 4 heteroatoms. The molecule has 19 heavy (non-hydrogen) atoms. The summed E-state index contributed by atoms with van der Waals surface area (Å²) in [5.41, 5.74) is 2.75. The first-order valence-electron chi connectivity index (χ1n) is 5.94. The first-order valence-corrected chi connectivity index (χ1v) is 7.14. The number of hydrogen-bond acceptors (Lipinski definition) is 2. The standard InChI is InChI=1S/C15H12ClNOS/c1-8-5-14(19-9(8)2)15(18)12-7-17-13-6-10(16)3-4-11(12)13/h3-7,17H,1-2H3. The molecule has 0 amide bonds. The molecule has 1 N–H and O–H groups in total. The maximum atomic E-state index is 12.5. The van der Waals surface area contributed by atoms with E-state index in [1.807, 2.05) is 32.0 Å². The quantitative estimate of drug-likeness (QED) is 0.680. The van der Waals surface area contributed by atoms with Crippen molar-refractivity contribution in [2.24, 2.45) is 0 Å². The molecule has 2 aromatic heterocycles. The lowest BCUT2D eigenvalue weighted by Crippen LogP contribution is -1.96. The van der Waals surface area contributed by atoms with Gasteiger partial charge in [-0.05, 0) is 37.6 Å². The van der Waals surface area contributed by atoms with E-state index >= 15 is 0 Å². The summed E-state index contributed by atoms with van der Waals surface area (Å²) in [5, 5.41) is 1.58. The molecule has 3 aromatic rings. The summed E-state index contributed by atoms with van der Waals surface area (Å²) in [5.74, 6) is 0.0646. The molecule has 0 radical (unpaired) electrons. The number of thiophene rings is 1. The zero-order valence-corrected chi connectivity index (χ0v) is 12.2. The maximum Gasteiger partial charge on any atom is 0.205 e. The van der Waals surface area contributed by atoms with Gasteiger partial charge in [0.1, 0.15) is 0 Å². The molecule has 0 unspecified atom stereocenters. The van der Waals surface area contributed by atoms with Crippen molar-refractivity contribution >= 4 is 39.6 Å². The third kappa shape index (κ3) is 2.09. The molecule has 0 fully saturated rings. The Hall–Kier alpha value is -1.58. The molecular weight excluding hydrogens is 278 g/mol. The van der Waals surface area contributed by atoms with Crippen LogP contribution in [-0.4, -0.2) is 10.8 Å². The third-order valence-corrected chi connectivity index (χ3v) is 4.66. The largest absolute Gasteiger partial charge is 0.360 e.